The summed E-state index contributed by atoms with van der Waals surface area (Å²) in [7, 11) is 0. The summed E-state index contributed by atoms with van der Waals surface area (Å²) in [6, 6.07) is 8.05. The quantitative estimate of drug-likeness (QED) is 0.916. The summed E-state index contributed by atoms with van der Waals surface area (Å²) in [5.41, 5.74) is 2.07. The van der Waals surface area contributed by atoms with Crippen LogP contribution in [0.1, 0.15) is 55.5 Å². The average molecular weight is 287 g/mol. The van der Waals surface area contributed by atoms with Gasteiger partial charge in [0.2, 0.25) is 0 Å². The number of rotatable bonds is 4. The highest BCUT2D eigenvalue weighted by Gasteiger charge is 2.53. The fourth-order valence-electron chi connectivity index (χ4n) is 4.72. The van der Waals surface area contributed by atoms with E-state index in [0.717, 1.165) is 12.1 Å². The summed E-state index contributed by atoms with van der Waals surface area (Å²) in [5.74, 6) is -0.173. The van der Waals surface area contributed by atoms with Gasteiger partial charge in [-0.25, -0.2) is 4.79 Å². The number of carbonyl (C=O) groups is 1. The van der Waals surface area contributed by atoms with Crippen molar-refractivity contribution in [3.63, 3.8) is 0 Å². The molecule has 1 aliphatic carbocycles. The van der Waals surface area contributed by atoms with Crippen LogP contribution in [0.3, 0.4) is 0 Å². The molecule has 0 aromatic heterocycles. The molecule has 1 spiro atoms. The van der Waals surface area contributed by atoms with Crippen molar-refractivity contribution in [1.82, 2.24) is 4.90 Å². The lowest BCUT2D eigenvalue weighted by Gasteiger charge is -2.58. The topological polar surface area (TPSA) is 40.5 Å². The van der Waals surface area contributed by atoms with Crippen LogP contribution in [0.25, 0.3) is 0 Å². The molecule has 3 nitrogen and oxygen atoms in total. The van der Waals surface area contributed by atoms with Gasteiger partial charge >= 0.3 is 5.97 Å². The van der Waals surface area contributed by atoms with Crippen LogP contribution in [-0.4, -0.2) is 28.6 Å². The first-order valence-corrected chi connectivity index (χ1v) is 8.08. The van der Waals surface area contributed by atoms with E-state index in [1.165, 1.54) is 32.2 Å². The number of hydrogen-bond acceptors (Lipinski definition) is 2. The summed E-state index contributed by atoms with van der Waals surface area (Å²) in [4.78, 5) is 13.6. The Labute approximate surface area is 127 Å². The van der Waals surface area contributed by atoms with Gasteiger partial charge in [-0.15, -0.1) is 0 Å². The summed E-state index contributed by atoms with van der Waals surface area (Å²) in [6.45, 7) is 6.72. The smallest absolute Gasteiger partial charge is 0.335 e. The summed E-state index contributed by atoms with van der Waals surface area (Å²) >= 11 is 0. The minimum atomic E-state index is -0.840. The molecule has 1 unspecified atom stereocenters. The highest BCUT2D eigenvalue weighted by Crippen LogP contribution is 2.53. The van der Waals surface area contributed by atoms with Crippen LogP contribution < -0.4 is 0 Å². The molecule has 1 aromatic rings. The molecule has 1 aliphatic heterocycles. The van der Waals surface area contributed by atoms with Crippen molar-refractivity contribution in [2.45, 2.75) is 52.1 Å². The number of aromatic carboxylic acids is 1. The summed E-state index contributed by atoms with van der Waals surface area (Å²) in [5, 5.41) is 9.11. The van der Waals surface area contributed by atoms with Gasteiger partial charge in [0.15, 0.2) is 0 Å². The number of carboxylic acid groups (broad SMARTS) is 1. The van der Waals surface area contributed by atoms with E-state index in [-0.39, 0.29) is 0 Å². The minimum absolute atomic E-state index is 0.393. The van der Waals surface area contributed by atoms with Crippen molar-refractivity contribution in [3.8, 4) is 0 Å². The molecule has 1 N–H and O–H groups in total. The lowest BCUT2D eigenvalue weighted by molar-refractivity contribution is -0.0998. The summed E-state index contributed by atoms with van der Waals surface area (Å²) < 4.78 is 0. The van der Waals surface area contributed by atoms with Crippen molar-refractivity contribution >= 4 is 5.97 Å². The van der Waals surface area contributed by atoms with Gasteiger partial charge in [0, 0.05) is 19.1 Å². The zero-order valence-corrected chi connectivity index (χ0v) is 13.0. The molecule has 1 atom stereocenters. The fourth-order valence-corrected chi connectivity index (χ4v) is 4.72. The van der Waals surface area contributed by atoms with E-state index in [4.69, 9.17) is 5.11 Å². The second-order valence-corrected chi connectivity index (χ2v) is 7.17. The molecule has 0 amide bonds. The monoisotopic (exact) mass is 287 g/mol. The molecule has 2 fully saturated rings. The van der Waals surface area contributed by atoms with E-state index >= 15 is 0 Å². The molecule has 2 aliphatic rings. The molecule has 1 heterocycles. The van der Waals surface area contributed by atoms with E-state index < -0.39 is 5.97 Å². The van der Waals surface area contributed by atoms with Crippen molar-refractivity contribution in [2.24, 2.45) is 11.3 Å². The van der Waals surface area contributed by atoms with Crippen LogP contribution in [0.5, 0.6) is 0 Å². The van der Waals surface area contributed by atoms with Gasteiger partial charge in [-0.3, -0.25) is 4.90 Å². The maximum atomic E-state index is 11.1. The van der Waals surface area contributed by atoms with Crippen molar-refractivity contribution in [1.29, 1.82) is 0 Å². The van der Waals surface area contributed by atoms with Crippen molar-refractivity contribution < 1.29 is 9.90 Å². The maximum Gasteiger partial charge on any atom is 0.335 e. The Morgan fingerprint density at radius 3 is 2.71 bits per heavy atom. The maximum absolute atomic E-state index is 11.1. The second-order valence-electron chi connectivity index (χ2n) is 7.17. The van der Waals surface area contributed by atoms with Gasteiger partial charge in [0.25, 0.3) is 0 Å². The molecule has 1 saturated heterocycles. The Kier molecular flexibility index (Phi) is 3.78. The first kappa shape index (κ1) is 14.6. The Morgan fingerprint density at radius 2 is 2.10 bits per heavy atom. The van der Waals surface area contributed by atoms with Gasteiger partial charge in [-0.2, -0.15) is 0 Å². The first-order chi connectivity index (χ1) is 10.0. The van der Waals surface area contributed by atoms with Gasteiger partial charge in [0.05, 0.1) is 5.56 Å². The molecular weight excluding hydrogens is 262 g/mol. The fraction of sp³-hybridized carbons (Fsp3) is 0.611. The van der Waals surface area contributed by atoms with Crippen LogP contribution >= 0.6 is 0 Å². The van der Waals surface area contributed by atoms with E-state index in [1.807, 2.05) is 18.2 Å². The van der Waals surface area contributed by atoms with Crippen LogP contribution in [0.4, 0.5) is 0 Å². The molecule has 114 valence electrons. The van der Waals surface area contributed by atoms with Crippen LogP contribution in [0.15, 0.2) is 24.3 Å². The Bertz CT molecular complexity index is 532. The summed E-state index contributed by atoms with van der Waals surface area (Å²) in [6.07, 6.45) is 5.51. The number of benzene rings is 1. The van der Waals surface area contributed by atoms with E-state index in [0.29, 0.717) is 22.9 Å². The van der Waals surface area contributed by atoms with E-state index in [1.54, 1.807) is 6.07 Å². The standard InChI is InChI=1S/C18H25NO2/c1-13(2)16-18(8-3-4-9-18)12-19(16)11-14-6-5-7-15(10-14)17(20)21/h5-7,10,13,16H,3-4,8-9,11-12H2,1-2H3,(H,20,21). The average Bonchev–Trinajstić information content (AvgIpc) is 2.88. The SMILES string of the molecule is CC(C)C1N(Cc2cccc(C(=O)O)c2)CC12CCCC2. The van der Waals surface area contributed by atoms with Gasteiger partial charge in [-0.05, 0) is 41.9 Å². The van der Waals surface area contributed by atoms with E-state index in [9.17, 15) is 4.79 Å². The lowest BCUT2D eigenvalue weighted by Crippen LogP contribution is -2.64. The predicted molar refractivity (Wildman–Crippen MR) is 83.3 cm³/mol. The molecule has 1 aromatic carbocycles. The molecule has 0 bridgehead atoms. The zero-order chi connectivity index (χ0) is 15.0. The molecule has 0 radical (unpaired) electrons. The number of hydrogen-bond donors (Lipinski definition) is 1. The second kappa shape index (κ2) is 5.45. The van der Waals surface area contributed by atoms with E-state index in [2.05, 4.69) is 18.7 Å². The Morgan fingerprint density at radius 1 is 1.38 bits per heavy atom. The number of likely N-dealkylation sites (tertiary alicyclic amines) is 1. The van der Waals surface area contributed by atoms with Crippen molar-refractivity contribution in [3.05, 3.63) is 35.4 Å². The van der Waals surface area contributed by atoms with Gasteiger partial charge in [-0.1, -0.05) is 38.8 Å². The number of carboxylic acids is 1. The molecule has 3 rings (SSSR count). The third-order valence-electron chi connectivity index (χ3n) is 5.33. The third-order valence-corrected chi connectivity index (χ3v) is 5.33. The molecular formula is C18H25NO2. The van der Waals surface area contributed by atoms with Crippen molar-refractivity contribution in [2.75, 3.05) is 6.54 Å². The highest BCUT2D eigenvalue weighted by atomic mass is 16.4. The Hall–Kier alpha value is -1.35. The van der Waals surface area contributed by atoms with Gasteiger partial charge in [0.1, 0.15) is 0 Å². The minimum Gasteiger partial charge on any atom is -0.478 e. The Balaban J connectivity index is 1.73. The lowest BCUT2D eigenvalue weighted by atomic mass is 9.66. The highest BCUT2D eigenvalue weighted by molar-refractivity contribution is 5.87. The predicted octanol–water partition coefficient (Wildman–Crippen LogP) is 3.79. The van der Waals surface area contributed by atoms with Crippen LogP contribution in [-0.2, 0) is 6.54 Å². The number of nitrogens with zero attached hydrogens (tertiary/aromatic N) is 1. The third kappa shape index (κ3) is 2.59. The molecule has 3 heteroatoms. The normalized spacial score (nSPS) is 24.4. The first-order valence-electron chi connectivity index (χ1n) is 8.08. The molecule has 1 saturated carbocycles. The molecule has 21 heavy (non-hydrogen) atoms. The van der Waals surface area contributed by atoms with Crippen LogP contribution in [0.2, 0.25) is 0 Å². The zero-order valence-electron chi connectivity index (χ0n) is 13.0. The largest absolute Gasteiger partial charge is 0.478 e. The van der Waals surface area contributed by atoms with Crippen LogP contribution in [0, 0.1) is 11.3 Å². The van der Waals surface area contributed by atoms with Gasteiger partial charge < -0.3 is 5.11 Å².